The van der Waals surface area contributed by atoms with Crippen molar-refractivity contribution >= 4 is 11.8 Å². The van der Waals surface area contributed by atoms with Gasteiger partial charge in [-0.15, -0.1) is 0 Å². The molecule has 6 nitrogen and oxygen atoms in total. The summed E-state index contributed by atoms with van der Waals surface area (Å²) in [7, 11) is 1.53. The van der Waals surface area contributed by atoms with Gasteiger partial charge in [0.2, 0.25) is 0 Å². The van der Waals surface area contributed by atoms with Gasteiger partial charge in [-0.25, -0.2) is 0 Å². The van der Waals surface area contributed by atoms with Crippen LogP contribution in [0.25, 0.3) is 0 Å². The highest BCUT2D eigenvalue weighted by molar-refractivity contribution is 6.35. The topological polar surface area (TPSA) is 76.7 Å². The molecular weight excluding hydrogens is 212 g/mol. The fraction of sp³-hybridized carbons (Fsp3) is 0.800. The lowest BCUT2D eigenvalue weighted by molar-refractivity contribution is -0.139. The number of carbonyl (C=O) groups excluding carboxylic acids is 2. The Morgan fingerprint density at radius 1 is 1.38 bits per heavy atom. The zero-order valence-corrected chi connectivity index (χ0v) is 9.45. The number of carbonyl (C=O) groups is 2. The molecule has 1 heterocycles. The van der Waals surface area contributed by atoms with Crippen LogP contribution in [0.5, 0.6) is 0 Å². The van der Waals surface area contributed by atoms with Gasteiger partial charge in [-0.1, -0.05) is 0 Å². The summed E-state index contributed by atoms with van der Waals surface area (Å²) >= 11 is 0. The number of ether oxygens (including phenoxy) is 2. The summed E-state index contributed by atoms with van der Waals surface area (Å²) in [5, 5.41) is 4.98. The van der Waals surface area contributed by atoms with Gasteiger partial charge in [0.25, 0.3) is 0 Å². The fourth-order valence-corrected chi connectivity index (χ4v) is 1.44. The molecule has 1 fully saturated rings. The molecule has 0 radical (unpaired) electrons. The predicted octanol–water partition coefficient (Wildman–Crippen LogP) is -0.956. The minimum atomic E-state index is -0.630. The van der Waals surface area contributed by atoms with E-state index in [-0.39, 0.29) is 6.10 Å². The average Bonchev–Trinajstić information content (AvgIpc) is 2.79. The molecule has 92 valence electrons. The number of methoxy groups -OCH3 is 1. The predicted molar refractivity (Wildman–Crippen MR) is 56.9 cm³/mol. The van der Waals surface area contributed by atoms with Crippen LogP contribution in [-0.4, -0.2) is 51.3 Å². The van der Waals surface area contributed by atoms with Crippen molar-refractivity contribution in [2.24, 2.45) is 0 Å². The smallest absolute Gasteiger partial charge is 0.309 e. The Kier molecular flexibility index (Phi) is 5.81. The Bertz CT molecular complexity index is 239. The minimum Gasteiger partial charge on any atom is -0.383 e. The number of rotatable bonds is 5. The van der Waals surface area contributed by atoms with Gasteiger partial charge in [0.15, 0.2) is 0 Å². The second-order valence-corrected chi connectivity index (χ2v) is 3.59. The maximum Gasteiger partial charge on any atom is 0.309 e. The van der Waals surface area contributed by atoms with Gasteiger partial charge in [-0.05, 0) is 12.8 Å². The third-order valence-electron chi connectivity index (χ3n) is 2.31. The lowest BCUT2D eigenvalue weighted by atomic mass is 10.2. The summed E-state index contributed by atoms with van der Waals surface area (Å²) < 4.78 is 10.1. The molecular formula is C10H18N2O4. The standard InChI is InChI=1S/C10H18N2O4/c1-15-6-4-11-9(13)10(14)12-7-8-3-2-5-16-8/h8H,2-7H2,1H3,(H,11,13)(H,12,14)/t8-/m0/s1. The van der Waals surface area contributed by atoms with E-state index in [1.165, 1.54) is 7.11 Å². The van der Waals surface area contributed by atoms with E-state index in [0.717, 1.165) is 19.4 Å². The number of amides is 2. The highest BCUT2D eigenvalue weighted by Crippen LogP contribution is 2.10. The van der Waals surface area contributed by atoms with Crippen molar-refractivity contribution in [2.45, 2.75) is 18.9 Å². The van der Waals surface area contributed by atoms with Crippen molar-refractivity contribution in [3.05, 3.63) is 0 Å². The largest absolute Gasteiger partial charge is 0.383 e. The molecule has 1 atom stereocenters. The van der Waals surface area contributed by atoms with Crippen LogP contribution in [0.3, 0.4) is 0 Å². The van der Waals surface area contributed by atoms with Gasteiger partial charge in [0.1, 0.15) is 0 Å². The second-order valence-electron chi connectivity index (χ2n) is 3.59. The third-order valence-corrected chi connectivity index (χ3v) is 2.31. The minimum absolute atomic E-state index is 0.0516. The lowest BCUT2D eigenvalue weighted by Crippen LogP contribution is -2.43. The number of hydrogen-bond donors (Lipinski definition) is 2. The van der Waals surface area contributed by atoms with Gasteiger partial charge >= 0.3 is 11.8 Å². The molecule has 0 unspecified atom stereocenters. The number of nitrogens with one attached hydrogen (secondary N) is 2. The molecule has 1 aliphatic rings. The number of hydrogen-bond acceptors (Lipinski definition) is 4. The van der Waals surface area contributed by atoms with Crippen LogP contribution in [0, 0.1) is 0 Å². The highest BCUT2D eigenvalue weighted by atomic mass is 16.5. The Hall–Kier alpha value is -1.14. The summed E-state index contributed by atoms with van der Waals surface area (Å²) in [5.74, 6) is -1.25. The van der Waals surface area contributed by atoms with Gasteiger partial charge in [0.05, 0.1) is 12.7 Å². The highest BCUT2D eigenvalue weighted by Gasteiger charge is 2.18. The fourth-order valence-electron chi connectivity index (χ4n) is 1.44. The van der Waals surface area contributed by atoms with Gasteiger partial charge in [0, 0.05) is 26.8 Å². The van der Waals surface area contributed by atoms with Crippen LogP contribution in [-0.2, 0) is 19.1 Å². The van der Waals surface area contributed by atoms with Crippen LogP contribution in [0.15, 0.2) is 0 Å². The normalized spacial score (nSPS) is 19.4. The summed E-state index contributed by atoms with van der Waals surface area (Å²) in [4.78, 5) is 22.5. The van der Waals surface area contributed by atoms with E-state index in [1.807, 2.05) is 0 Å². The molecule has 0 aromatic carbocycles. The average molecular weight is 230 g/mol. The van der Waals surface area contributed by atoms with E-state index < -0.39 is 11.8 Å². The van der Waals surface area contributed by atoms with Crippen LogP contribution in [0.1, 0.15) is 12.8 Å². The third kappa shape index (κ3) is 4.59. The molecule has 0 saturated carbocycles. The Balaban J connectivity index is 2.10. The molecule has 0 aromatic rings. The first-order valence-corrected chi connectivity index (χ1v) is 5.40. The lowest BCUT2D eigenvalue weighted by Gasteiger charge is -2.10. The zero-order chi connectivity index (χ0) is 11.8. The first-order chi connectivity index (χ1) is 7.74. The SMILES string of the molecule is COCCNC(=O)C(=O)NC[C@@H]1CCCO1. The molecule has 2 amide bonds. The second kappa shape index (κ2) is 7.19. The first kappa shape index (κ1) is 12.9. The summed E-state index contributed by atoms with van der Waals surface area (Å²) in [6, 6.07) is 0. The molecule has 0 aliphatic carbocycles. The molecule has 0 spiro atoms. The van der Waals surface area contributed by atoms with Crippen molar-refractivity contribution < 1.29 is 19.1 Å². The van der Waals surface area contributed by atoms with Gasteiger partial charge < -0.3 is 20.1 Å². The van der Waals surface area contributed by atoms with Crippen LogP contribution < -0.4 is 10.6 Å². The molecule has 6 heteroatoms. The van der Waals surface area contributed by atoms with Crippen molar-refractivity contribution in [1.82, 2.24) is 10.6 Å². The quantitative estimate of drug-likeness (QED) is 0.471. The first-order valence-electron chi connectivity index (χ1n) is 5.40. The zero-order valence-electron chi connectivity index (χ0n) is 9.45. The summed E-state index contributed by atoms with van der Waals surface area (Å²) in [6.07, 6.45) is 2.00. The van der Waals surface area contributed by atoms with Crippen molar-refractivity contribution in [3.63, 3.8) is 0 Å². The van der Waals surface area contributed by atoms with Crippen LogP contribution in [0.2, 0.25) is 0 Å². The molecule has 1 rings (SSSR count). The van der Waals surface area contributed by atoms with Crippen molar-refractivity contribution in [3.8, 4) is 0 Å². The van der Waals surface area contributed by atoms with Gasteiger partial charge in [-0.2, -0.15) is 0 Å². The van der Waals surface area contributed by atoms with E-state index in [4.69, 9.17) is 9.47 Å². The Labute approximate surface area is 94.7 Å². The maximum atomic E-state index is 11.3. The monoisotopic (exact) mass is 230 g/mol. The Morgan fingerprint density at radius 3 is 2.75 bits per heavy atom. The molecule has 0 aromatic heterocycles. The van der Waals surface area contributed by atoms with E-state index in [2.05, 4.69) is 10.6 Å². The van der Waals surface area contributed by atoms with Crippen molar-refractivity contribution in [2.75, 3.05) is 33.4 Å². The molecule has 0 bridgehead atoms. The molecule has 16 heavy (non-hydrogen) atoms. The molecule has 1 saturated heterocycles. The van der Waals surface area contributed by atoms with Crippen molar-refractivity contribution in [1.29, 1.82) is 0 Å². The maximum absolute atomic E-state index is 11.3. The summed E-state index contributed by atoms with van der Waals surface area (Å²) in [6.45, 7) is 1.87. The van der Waals surface area contributed by atoms with E-state index in [0.29, 0.717) is 19.7 Å². The van der Waals surface area contributed by atoms with E-state index in [9.17, 15) is 9.59 Å². The summed E-state index contributed by atoms with van der Waals surface area (Å²) in [5.41, 5.74) is 0. The van der Waals surface area contributed by atoms with Crippen LogP contribution >= 0.6 is 0 Å². The van der Waals surface area contributed by atoms with E-state index >= 15 is 0 Å². The van der Waals surface area contributed by atoms with Crippen LogP contribution in [0.4, 0.5) is 0 Å². The molecule has 2 N–H and O–H groups in total. The van der Waals surface area contributed by atoms with E-state index in [1.54, 1.807) is 0 Å². The Morgan fingerprint density at radius 2 is 2.12 bits per heavy atom. The molecule has 1 aliphatic heterocycles. The van der Waals surface area contributed by atoms with Gasteiger partial charge in [-0.3, -0.25) is 9.59 Å².